The van der Waals surface area contributed by atoms with Crippen LogP contribution in [0.4, 0.5) is 5.69 Å². The fraction of sp³-hybridized carbons (Fsp3) is 0.375. The van der Waals surface area contributed by atoms with Crippen LogP contribution in [0.15, 0.2) is 23.4 Å². The molecule has 6 nitrogen and oxygen atoms in total. The summed E-state index contributed by atoms with van der Waals surface area (Å²) < 4.78 is 4.76. The van der Waals surface area contributed by atoms with Gasteiger partial charge in [0.25, 0.3) is 5.91 Å². The number of aliphatic hydroxyl groups excluding tert-OH is 1. The van der Waals surface area contributed by atoms with Crippen LogP contribution >= 0.6 is 11.6 Å². The quantitative estimate of drug-likeness (QED) is 0.798. The lowest BCUT2D eigenvalue weighted by Gasteiger charge is -2.17. The molecule has 0 saturated carbocycles. The minimum absolute atomic E-state index is 0.104. The normalized spacial score (nSPS) is 14.5. The number of β-amino-alcohol motifs (C(OH)–C–C–N with tert-alkyl or cyclic N) is 1. The maximum atomic E-state index is 12.5. The number of methoxy groups -OCH3 is 1. The van der Waals surface area contributed by atoms with E-state index in [1.54, 1.807) is 6.07 Å². The van der Waals surface area contributed by atoms with Crippen LogP contribution in [0.2, 0.25) is 5.02 Å². The van der Waals surface area contributed by atoms with E-state index in [0.717, 1.165) is 11.1 Å². The molecule has 0 radical (unpaired) electrons. The van der Waals surface area contributed by atoms with E-state index in [1.165, 1.54) is 12.0 Å². The number of nitrogens with zero attached hydrogens (tertiary/aromatic N) is 1. The van der Waals surface area contributed by atoms with E-state index in [0.29, 0.717) is 10.7 Å². The van der Waals surface area contributed by atoms with Crippen LogP contribution < -0.4 is 5.32 Å². The summed E-state index contributed by atoms with van der Waals surface area (Å²) in [6, 6.07) is 3.61. The summed E-state index contributed by atoms with van der Waals surface area (Å²) in [5.74, 6) is -0.920. The van der Waals surface area contributed by atoms with Crippen molar-refractivity contribution in [3.05, 3.63) is 39.6 Å². The summed E-state index contributed by atoms with van der Waals surface area (Å²) in [6.07, 6.45) is 0. The summed E-state index contributed by atoms with van der Waals surface area (Å²) in [5, 5.41) is 12.7. The van der Waals surface area contributed by atoms with Gasteiger partial charge in [-0.15, -0.1) is 0 Å². The first-order valence-corrected chi connectivity index (χ1v) is 7.52. The Balaban J connectivity index is 2.43. The van der Waals surface area contributed by atoms with Gasteiger partial charge in [-0.1, -0.05) is 17.7 Å². The molecular formula is C16H19ClN2O4. The second-order valence-corrected chi connectivity index (χ2v) is 5.69. The zero-order valence-corrected chi connectivity index (χ0v) is 14.0. The molecule has 1 amide bonds. The standard InChI is InChI=1S/C16H19ClN2O4/c1-9-4-5-12(17)10(2)13(9)18-14-11(16(22)23-3)8-19(6-7-20)15(14)21/h4-5,18,20H,6-8H2,1-3H3. The Morgan fingerprint density at radius 3 is 2.74 bits per heavy atom. The van der Waals surface area contributed by atoms with E-state index >= 15 is 0 Å². The zero-order valence-electron chi connectivity index (χ0n) is 13.3. The van der Waals surface area contributed by atoms with Crippen LogP contribution in [0.1, 0.15) is 11.1 Å². The van der Waals surface area contributed by atoms with E-state index in [4.69, 9.17) is 21.4 Å². The summed E-state index contributed by atoms with van der Waals surface area (Å²) in [6.45, 7) is 3.80. The van der Waals surface area contributed by atoms with Gasteiger partial charge < -0.3 is 20.1 Å². The fourth-order valence-electron chi connectivity index (χ4n) is 2.49. The number of aryl methyl sites for hydroxylation is 1. The Hall–Kier alpha value is -2.05. The number of ether oxygens (including phenoxy) is 1. The van der Waals surface area contributed by atoms with Gasteiger partial charge in [-0.25, -0.2) is 4.79 Å². The number of amides is 1. The molecule has 1 heterocycles. The Labute approximate surface area is 139 Å². The molecule has 2 rings (SSSR count). The molecule has 1 aliphatic heterocycles. The van der Waals surface area contributed by atoms with E-state index < -0.39 is 5.97 Å². The van der Waals surface area contributed by atoms with Gasteiger partial charge >= 0.3 is 5.97 Å². The Morgan fingerprint density at radius 2 is 2.13 bits per heavy atom. The van der Waals surface area contributed by atoms with Crippen LogP contribution in [-0.4, -0.2) is 48.7 Å². The van der Waals surface area contributed by atoms with Crippen molar-refractivity contribution >= 4 is 29.2 Å². The number of carbonyl (C=O) groups is 2. The zero-order chi connectivity index (χ0) is 17.1. The lowest BCUT2D eigenvalue weighted by Crippen LogP contribution is -2.31. The smallest absolute Gasteiger partial charge is 0.337 e. The highest BCUT2D eigenvalue weighted by atomic mass is 35.5. The number of esters is 1. The van der Waals surface area contributed by atoms with Gasteiger partial charge in [0.05, 0.1) is 25.8 Å². The van der Waals surface area contributed by atoms with Gasteiger partial charge in [0.1, 0.15) is 5.70 Å². The van der Waals surface area contributed by atoms with E-state index in [2.05, 4.69) is 5.32 Å². The highest BCUT2D eigenvalue weighted by Gasteiger charge is 2.34. The van der Waals surface area contributed by atoms with Crippen molar-refractivity contribution in [1.29, 1.82) is 0 Å². The molecule has 0 atom stereocenters. The number of rotatable bonds is 5. The maximum Gasteiger partial charge on any atom is 0.337 e. The van der Waals surface area contributed by atoms with Crippen molar-refractivity contribution in [2.75, 3.05) is 32.1 Å². The summed E-state index contributed by atoms with van der Waals surface area (Å²) in [5.41, 5.74) is 2.78. The molecule has 23 heavy (non-hydrogen) atoms. The molecule has 0 unspecified atom stereocenters. The van der Waals surface area contributed by atoms with Crippen molar-refractivity contribution in [3.63, 3.8) is 0 Å². The molecule has 124 valence electrons. The number of hydrogen-bond acceptors (Lipinski definition) is 5. The largest absolute Gasteiger partial charge is 0.466 e. The van der Waals surface area contributed by atoms with E-state index in [1.807, 2.05) is 19.9 Å². The predicted molar refractivity (Wildman–Crippen MR) is 87.3 cm³/mol. The highest BCUT2D eigenvalue weighted by Crippen LogP contribution is 2.30. The second-order valence-electron chi connectivity index (χ2n) is 5.28. The lowest BCUT2D eigenvalue weighted by molar-refractivity contribution is -0.136. The maximum absolute atomic E-state index is 12.5. The molecule has 1 aromatic carbocycles. The number of aliphatic hydroxyl groups is 1. The molecule has 2 N–H and O–H groups in total. The molecule has 0 aromatic heterocycles. The summed E-state index contributed by atoms with van der Waals surface area (Å²) >= 11 is 6.14. The number of anilines is 1. The van der Waals surface area contributed by atoms with Gasteiger partial charge in [0, 0.05) is 17.3 Å². The fourth-order valence-corrected chi connectivity index (χ4v) is 2.65. The van der Waals surface area contributed by atoms with Crippen LogP contribution in [-0.2, 0) is 14.3 Å². The summed E-state index contributed by atoms with van der Waals surface area (Å²) in [4.78, 5) is 25.8. The second kappa shape index (κ2) is 7.02. The van der Waals surface area contributed by atoms with Crippen molar-refractivity contribution < 1.29 is 19.4 Å². The number of halogens is 1. The van der Waals surface area contributed by atoms with Crippen LogP contribution in [0.3, 0.4) is 0 Å². The van der Waals surface area contributed by atoms with Gasteiger partial charge in [0.15, 0.2) is 0 Å². The van der Waals surface area contributed by atoms with Crippen LogP contribution in [0.25, 0.3) is 0 Å². The van der Waals surface area contributed by atoms with Crippen molar-refractivity contribution in [3.8, 4) is 0 Å². The molecule has 1 aliphatic rings. The van der Waals surface area contributed by atoms with Crippen molar-refractivity contribution in [2.24, 2.45) is 0 Å². The third-order valence-corrected chi connectivity index (χ3v) is 4.22. The average Bonchev–Trinajstić information content (AvgIpc) is 2.84. The van der Waals surface area contributed by atoms with E-state index in [9.17, 15) is 9.59 Å². The first kappa shape index (κ1) is 17.3. The predicted octanol–water partition coefficient (Wildman–Crippen LogP) is 1.63. The molecule has 0 aliphatic carbocycles. The molecule has 0 saturated heterocycles. The minimum Gasteiger partial charge on any atom is -0.466 e. The topological polar surface area (TPSA) is 78.9 Å². The molecule has 1 aromatic rings. The number of benzene rings is 1. The van der Waals surface area contributed by atoms with Crippen LogP contribution in [0, 0.1) is 13.8 Å². The Kier molecular flexibility index (Phi) is 5.28. The van der Waals surface area contributed by atoms with Crippen LogP contribution in [0.5, 0.6) is 0 Å². The third-order valence-electron chi connectivity index (χ3n) is 3.81. The number of hydrogen-bond donors (Lipinski definition) is 2. The van der Waals surface area contributed by atoms with Crippen molar-refractivity contribution in [1.82, 2.24) is 4.90 Å². The molecule has 7 heteroatoms. The summed E-state index contributed by atoms with van der Waals surface area (Å²) in [7, 11) is 1.27. The highest BCUT2D eigenvalue weighted by molar-refractivity contribution is 6.31. The SMILES string of the molecule is COC(=O)C1=C(Nc2c(C)ccc(Cl)c2C)C(=O)N(CCO)C1. The molecule has 0 fully saturated rings. The first-order chi connectivity index (χ1) is 10.9. The Morgan fingerprint density at radius 1 is 1.43 bits per heavy atom. The molecule has 0 bridgehead atoms. The lowest BCUT2D eigenvalue weighted by atomic mass is 10.1. The molecular weight excluding hydrogens is 320 g/mol. The number of carbonyl (C=O) groups excluding carboxylic acids is 2. The van der Waals surface area contributed by atoms with Gasteiger partial charge in [-0.2, -0.15) is 0 Å². The third kappa shape index (κ3) is 3.33. The molecule has 0 spiro atoms. The minimum atomic E-state index is -0.571. The van der Waals surface area contributed by atoms with Gasteiger partial charge in [-0.05, 0) is 31.0 Å². The van der Waals surface area contributed by atoms with Gasteiger partial charge in [-0.3, -0.25) is 4.79 Å². The van der Waals surface area contributed by atoms with Gasteiger partial charge in [0.2, 0.25) is 0 Å². The average molecular weight is 339 g/mol. The van der Waals surface area contributed by atoms with E-state index in [-0.39, 0.29) is 36.9 Å². The van der Waals surface area contributed by atoms with Crippen molar-refractivity contribution in [2.45, 2.75) is 13.8 Å². The number of nitrogens with one attached hydrogen (secondary N) is 1. The Bertz CT molecular complexity index is 685. The first-order valence-electron chi connectivity index (χ1n) is 7.15. The monoisotopic (exact) mass is 338 g/mol.